The minimum atomic E-state index is 0.130. The third kappa shape index (κ3) is 3.58. The molecule has 1 N–H and O–H groups in total. The van der Waals surface area contributed by atoms with Gasteiger partial charge in [0.1, 0.15) is 5.01 Å². The number of nitrogens with zero attached hydrogens (tertiary/aromatic N) is 1. The minimum Gasteiger partial charge on any atom is -0.378 e. The van der Waals surface area contributed by atoms with Gasteiger partial charge in [0.2, 0.25) is 5.91 Å². The Kier molecular flexibility index (Phi) is 4.36. The molecule has 110 valence electrons. The number of hydrogen-bond acceptors (Lipinski definition) is 4. The molecule has 2 aliphatic rings. The SMILES string of the molecule is Cc1cnc([C@H](NC(=O)CC[C@@H]2CCCO2)C2CC2)s1. The third-order valence-corrected chi connectivity index (χ3v) is 5.03. The Balaban J connectivity index is 1.52. The Morgan fingerprint density at radius 2 is 2.40 bits per heavy atom. The van der Waals surface area contributed by atoms with Crippen LogP contribution in [0.4, 0.5) is 0 Å². The van der Waals surface area contributed by atoms with Crippen molar-refractivity contribution in [2.75, 3.05) is 6.61 Å². The van der Waals surface area contributed by atoms with E-state index in [1.165, 1.54) is 17.7 Å². The number of nitrogens with one attached hydrogen (secondary N) is 1. The normalized spacial score (nSPS) is 23.8. The quantitative estimate of drug-likeness (QED) is 0.877. The molecule has 2 atom stereocenters. The number of rotatable bonds is 6. The summed E-state index contributed by atoms with van der Waals surface area (Å²) in [7, 11) is 0. The van der Waals surface area contributed by atoms with Crippen molar-refractivity contribution in [3.05, 3.63) is 16.1 Å². The fraction of sp³-hybridized carbons (Fsp3) is 0.733. The van der Waals surface area contributed by atoms with Gasteiger partial charge >= 0.3 is 0 Å². The van der Waals surface area contributed by atoms with Crippen LogP contribution in [-0.2, 0) is 9.53 Å². The summed E-state index contributed by atoms with van der Waals surface area (Å²) in [6.45, 7) is 2.92. The fourth-order valence-electron chi connectivity index (χ4n) is 2.74. The lowest BCUT2D eigenvalue weighted by atomic mass is 10.1. The van der Waals surface area contributed by atoms with E-state index in [9.17, 15) is 4.79 Å². The van der Waals surface area contributed by atoms with Crippen molar-refractivity contribution < 1.29 is 9.53 Å². The molecule has 4 nitrogen and oxygen atoms in total. The average Bonchev–Trinajstić information content (AvgIpc) is 2.96. The van der Waals surface area contributed by atoms with Gasteiger partial charge in [-0.2, -0.15) is 0 Å². The molecule has 1 aliphatic carbocycles. The Hall–Kier alpha value is -0.940. The molecule has 1 aromatic rings. The first kappa shape index (κ1) is 14.0. The van der Waals surface area contributed by atoms with Crippen LogP contribution in [0.1, 0.15) is 54.5 Å². The maximum Gasteiger partial charge on any atom is 0.220 e. The first-order valence-electron chi connectivity index (χ1n) is 7.55. The topological polar surface area (TPSA) is 51.2 Å². The van der Waals surface area contributed by atoms with Gasteiger partial charge in [-0.1, -0.05) is 0 Å². The van der Waals surface area contributed by atoms with E-state index < -0.39 is 0 Å². The molecule has 0 spiro atoms. The van der Waals surface area contributed by atoms with Crippen LogP contribution in [0.15, 0.2) is 6.20 Å². The first-order chi connectivity index (χ1) is 9.72. The predicted octanol–water partition coefficient (Wildman–Crippen LogP) is 2.98. The number of aryl methyl sites for hydroxylation is 1. The van der Waals surface area contributed by atoms with E-state index >= 15 is 0 Å². The summed E-state index contributed by atoms with van der Waals surface area (Å²) < 4.78 is 5.57. The zero-order valence-corrected chi connectivity index (χ0v) is 12.7. The van der Waals surface area contributed by atoms with E-state index in [0.29, 0.717) is 18.4 Å². The highest BCUT2D eigenvalue weighted by atomic mass is 32.1. The summed E-state index contributed by atoms with van der Waals surface area (Å²) in [6, 6.07) is 0.130. The second kappa shape index (κ2) is 6.22. The fourth-order valence-corrected chi connectivity index (χ4v) is 3.66. The summed E-state index contributed by atoms with van der Waals surface area (Å²) in [5.41, 5.74) is 0. The van der Waals surface area contributed by atoms with Gasteiger partial charge in [-0.25, -0.2) is 4.98 Å². The number of carbonyl (C=O) groups excluding carboxylic acids is 1. The van der Waals surface area contributed by atoms with Crippen LogP contribution >= 0.6 is 11.3 Å². The monoisotopic (exact) mass is 294 g/mol. The molecule has 20 heavy (non-hydrogen) atoms. The summed E-state index contributed by atoms with van der Waals surface area (Å²) in [4.78, 5) is 17.8. The van der Waals surface area contributed by atoms with E-state index in [0.717, 1.165) is 30.9 Å². The van der Waals surface area contributed by atoms with Crippen molar-refractivity contribution in [3.8, 4) is 0 Å². The van der Waals surface area contributed by atoms with Crippen LogP contribution in [0.2, 0.25) is 0 Å². The average molecular weight is 294 g/mol. The number of aromatic nitrogens is 1. The van der Waals surface area contributed by atoms with Gasteiger partial charge in [-0.15, -0.1) is 11.3 Å². The number of amides is 1. The van der Waals surface area contributed by atoms with E-state index in [1.807, 2.05) is 6.20 Å². The molecule has 0 unspecified atom stereocenters. The molecule has 0 aromatic carbocycles. The summed E-state index contributed by atoms with van der Waals surface area (Å²) in [5, 5.41) is 4.25. The zero-order valence-electron chi connectivity index (χ0n) is 11.9. The van der Waals surface area contributed by atoms with Crippen LogP contribution in [0, 0.1) is 12.8 Å². The highest BCUT2D eigenvalue weighted by Crippen LogP contribution is 2.42. The molecular weight excluding hydrogens is 272 g/mol. The second-order valence-corrected chi connectivity index (χ2v) is 7.13. The van der Waals surface area contributed by atoms with Gasteiger partial charge in [0.15, 0.2) is 0 Å². The molecule has 1 amide bonds. The van der Waals surface area contributed by atoms with Crippen LogP contribution in [-0.4, -0.2) is 23.6 Å². The molecule has 1 aromatic heterocycles. The van der Waals surface area contributed by atoms with Gasteiger partial charge in [-0.3, -0.25) is 4.79 Å². The molecule has 1 saturated carbocycles. The standard InChI is InChI=1S/C15H22N2O2S/c1-10-9-16-15(20-10)14(11-4-5-11)17-13(18)7-6-12-3-2-8-19-12/h9,11-12,14H,2-8H2,1H3,(H,17,18)/t12-,14+/m0/s1. The van der Waals surface area contributed by atoms with E-state index in [1.54, 1.807) is 11.3 Å². The van der Waals surface area contributed by atoms with Crippen molar-refractivity contribution >= 4 is 17.2 Å². The Morgan fingerprint density at radius 3 is 3.00 bits per heavy atom. The predicted molar refractivity (Wildman–Crippen MR) is 78.7 cm³/mol. The first-order valence-corrected chi connectivity index (χ1v) is 8.37. The lowest BCUT2D eigenvalue weighted by Gasteiger charge is -2.16. The van der Waals surface area contributed by atoms with Crippen LogP contribution in [0.3, 0.4) is 0 Å². The summed E-state index contributed by atoms with van der Waals surface area (Å²) >= 11 is 1.70. The molecule has 2 fully saturated rings. The lowest BCUT2D eigenvalue weighted by molar-refractivity contribution is -0.122. The maximum atomic E-state index is 12.1. The molecule has 1 aliphatic heterocycles. The summed E-state index contributed by atoms with van der Waals surface area (Å²) in [6.07, 6.45) is 8.25. The van der Waals surface area contributed by atoms with E-state index in [-0.39, 0.29) is 11.9 Å². The van der Waals surface area contributed by atoms with Crippen LogP contribution in [0.5, 0.6) is 0 Å². The highest BCUT2D eigenvalue weighted by Gasteiger charge is 2.35. The Morgan fingerprint density at radius 1 is 1.55 bits per heavy atom. The van der Waals surface area contributed by atoms with Crippen molar-refractivity contribution in [2.45, 2.75) is 57.6 Å². The van der Waals surface area contributed by atoms with Gasteiger partial charge in [0, 0.05) is 24.1 Å². The number of thiazole rings is 1. The van der Waals surface area contributed by atoms with E-state index in [4.69, 9.17) is 4.74 Å². The van der Waals surface area contributed by atoms with Crippen molar-refractivity contribution in [2.24, 2.45) is 5.92 Å². The zero-order chi connectivity index (χ0) is 13.9. The van der Waals surface area contributed by atoms with Crippen molar-refractivity contribution in [1.82, 2.24) is 10.3 Å². The Bertz CT molecular complexity index is 464. The number of ether oxygens (including phenoxy) is 1. The molecule has 1 saturated heterocycles. The molecule has 0 bridgehead atoms. The van der Waals surface area contributed by atoms with Crippen molar-refractivity contribution in [3.63, 3.8) is 0 Å². The van der Waals surface area contributed by atoms with Crippen LogP contribution < -0.4 is 5.32 Å². The smallest absolute Gasteiger partial charge is 0.220 e. The largest absolute Gasteiger partial charge is 0.378 e. The number of hydrogen-bond donors (Lipinski definition) is 1. The molecule has 5 heteroatoms. The lowest BCUT2D eigenvalue weighted by Crippen LogP contribution is -2.30. The van der Waals surface area contributed by atoms with Gasteiger partial charge in [0.05, 0.1) is 12.1 Å². The third-order valence-electron chi connectivity index (χ3n) is 4.03. The minimum absolute atomic E-state index is 0.130. The summed E-state index contributed by atoms with van der Waals surface area (Å²) in [5.74, 6) is 0.734. The highest BCUT2D eigenvalue weighted by molar-refractivity contribution is 7.11. The maximum absolute atomic E-state index is 12.1. The molecule has 3 rings (SSSR count). The van der Waals surface area contributed by atoms with Gasteiger partial charge in [-0.05, 0) is 44.9 Å². The Labute approximate surface area is 123 Å². The van der Waals surface area contributed by atoms with E-state index in [2.05, 4.69) is 17.2 Å². The molecular formula is C15H22N2O2S. The van der Waals surface area contributed by atoms with Crippen molar-refractivity contribution in [1.29, 1.82) is 0 Å². The van der Waals surface area contributed by atoms with Gasteiger partial charge < -0.3 is 10.1 Å². The van der Waals surface area contributed by atoms with Crippen LogP contribution in [0.25, 0.3) is 0 Å². The molecule has 2 heterocycles. The number of carbonyl (C=O) groups is 1. The molecule has 0 radical (unpaired) electrons. The van der Waals surface area contributed by atoms with Gasteiger partial charge in [0.25, 0.3) is 0 Å². The second-order valence-electron chi connectivity index (χ2n) is 5.87.